The summed E-state index contributed by atoms with van der Waals surface area (Å²) in [5.41, 5.74) is 15.7. The maximum atomic E-state index is 2.48. The van der Waals surface area contributed by atoms with Gasteiger partial charge in [0.25, 0.3) is 0 Å². The van der Waals surface area contributed by atoms with Crippen molar-refractivity contribution in [3.05, 3.63) is 203 Å². The molecule has 3 aliphatic rings. The lowest BCUT2D eigenvalue weighted by Gasteiger charge is -2.29. The molecule has 6 aromatic carbocycles. The van der Waals surface area contributed by atoms with Gasteiger partial charge in [0.2, 0.25) is 0 Å². The largest absolute Gasteiger partial charge is 0.347 e. The number of para-hydroxylation sites is 2. The van der Waals surface area contributed by atoms with Crippen LogP contribution in [-0.2, 0) is 10.8 Å². The normalized spacial score (nSPS) is 18.9. The molecule has 1 heterocycles. The summed E-state index contributed by atoms with van der Waals surface area (Å²) < 4.78 is 0. The zero-order chi connectivity index (χ0) is 37.2. The van der Waals surface area contributed by atoms with Gasteiger partial charge in [0.1, 0.15) is 0 Å². The van der Waals surface area contributed by atoms with E-state index in [2.05, 4.69) is 209 Å². The first kappa shape index (κ1) is 33.9. The molecule has 0 amide bonds. The van der Waals surface area contributed by atoms with E-state index in [1.807, 2.05) is 0 Å². The van der Waals surface area contributed by atoms with Gasteiger partial charge in [-0.05, 0) is 105 Å². The summed E-state index contributed by atoms with van der Waals surface area (Å²) >= 11 is 0. The Kier molecular flexibility index (Phi) is 8.12. The Labute approximate surface area is 320 Å². The number of anilines is 3. The predicted octanol–water partition coefficient (Wildman–Crippen LogP) is 13.7. The molecule has 2 heteroatoms. The van der Waals surface area contributed by atoms with Crippen molar-refractivity contribution in [3.63, 3.8) is 0 Å². The van der Waals surface area contributed by atoms with Gasteiger partial charge in [0.05, 0.1) is 11.4 Å². The predicted molar refractivity (Wildman–Crippen MR) is 232 cm³/mol. The van der Waals surface area contributed by atoms with E-state index >= 15 is 0 Å². The second kappa shape index (κ2) is 12.9. The summed E-state index contributed by atoms with van der Waals surface area (Å²) in [5.74, 6) is 0. The van der Waals surface area contributed by atoms with E-state index in [-0.39, 0.29) is 10.8 Å². The number of rotatable bonds is 6. The fourth-order valence-corrected chi connectivity index (χ4v) is 9.65. The summed E-state index contributed by atoms with van der Waals surface area (Å²) in [6.07, 6.45) is 11.6. The van der Waals surface area contributed by atoms with Crippen LogP contribution in [0.3, 0.4) is 0 Å². The molecular formula is C52H48N2. The van der Waals surface area contributed by atoms with Crippen LogP contribution in [0.5, 0.6) is 0 Å². The van der Waals surface area contributed by atoms with Gasteiger partial charge in [-0.2, -0.15) is 0 Å². The summed E-state index contributed by atoms with van der Waals surface area (Å²) in [6.45, 7) is 11.8. The number of allylic oxidation sites excluding steroid dienone is 9. The van der Waals surface area contributed by atoms with Crippen LogP contribution in [0, 0.1) is 0 Å². The Morgan fingerprint density at radius 3 is 1.81 bits per heavy atom. The number of likely N-dealkylation sites (N-methyl/N-ethyl adjacent to an activating group) is 1. The van der Waals surface area contributed by atoms with E-state index in [1.165, 1.54) is 77.6 Å². The van der Waals surface area contributed by atoms with Crippen LogP contribution >= 0.6 is 0 Å². The first-order valence-electron chi connectivity index (χ1n) is 19.4. The smallest absolute Gasteiger partial charge is 0.0527 e. The molecule has 0 unspecified atom stereocenters. The molecule has 0 aromatic heterocycles. The molecule has 0 atom stereocenters. The van der Waals surface area contributed by atoms with E-state index in [0.29, 0.717) is 0 Å². The fourth-order valence-electron chi connectivity index (χ4n) is 9.65. The first-order valence-corrected chi connectivity index (χ1v) is 19.4. The van der Waals surface area contributed by atoms with Gasteiger partial charge in [0.15, 0.2) is 0 Å². The van der Waals surface area contributed by atoms with Crippen LogP contribution in [0.15, 0.2) is 186 Å². The molecule has 6 aromatic rings. The quantitative estimate of drug-likeness (QED) is 0.171. The maximum absolute atomic E-state index is 2.48. The fraction of sp³-hybridized carbons (Fsp3) is 0.192. The van der Waals surface area contributed by atoms with Gasteiger partial charge in [0, 0.05) is 40.3 Å². The van der Waals surface area contributed by atoms with Crippen molar-refractivity contribution < 1.29 is 0 Å². The number of hydrogen-bond acceptors (Lipinski definition) is 2. The highest BCUT2D eigenvalue weighted by atomic mass is 15.2. The first-order chi connectivity index (χ1) is 26.2. The molecule has 266 valence electrons. The van der Waals surface area contributed by atoms with Crippen molar-refractivity contribution in [3.8, 4) is 0 Å². The standard InChI is InChI=1S/C52H48N2/c1-35-44(51(2,3)45-32-27-36-17-13-15-23-42(36)48(35)45)31-29-38-25-26-39(49(38)54(40-19-9-7-10-20-40)41-21-11-8-12-22-41)30-34-47-52(4,5)46-33-28-37-18-14-16-24-43(37)50(46)53(47)6/h7-24,27-34H,25-26H2,1-6H3/b31-29?,39-30+,47-34?. The lowest BCUT2D eigenvalue weighted by atomic mass is 9.80. The van der Waals surface area contributed by atoms with E-state index < -0.39 is 0 Å². The van der Waals surface area contributed by atoms with Crippen LogP contribution < -0.4 is 9.80 Å². The SMILES string of the molecule is CC1=C(C=CC2=C(N(c3ccccc3)c3ccccc3)/C(=C/C=C3N(C)c4c(ccc5ccccc45)C3(C)C)CC2)C(C)(C)c2ccc3ccccc3c21. The summed E-state index contributed by atoms with van der Waals surface area (Å²) in [7, 11) is 2.24. The molecule has 0 radical (unpaired) electrons. The van der Waals surface area contributed by atoms with Crippen molar-refractivity contribution in [2.24, 2.45) is 0 Å². The second-order valence-electron chi connectivity index (χ2n) is 16.2. The van der Waals surface area contributed by atoms with Gasteiger partial charge in [-0.1, -0.05) is 155 Å². The second-order valence-corrected chi connectivity index (χ2v) is 16.2. The molecule has 0 saturated carbocycles. The summed E-state index contributed by atoms with van der Waals surface area (Å²) in [4.78, 5) is 4.91. The van der Waals surface area contributed by atoms with E-state index in [1.54, 1.807) is 0 Å². The van der Waals surface area contributed by atoms with Gasteiger partial charge in [-0.15, -0.1) is 0 Å². The van der Waals surface area contributed by atoms with Crippen molar-refractivity contribution in [2.75, 3.05) is 16.8 Å². The van der Waals surface area contributed by atoms with E-state index in [9.17, 15) is 0 Å². The Morgan fingerprint density at radius 1 is 0.574 bits per heavy atom. The Hall–Kier alpha value is -5.86. The van der Waals surface area contributed by atoms with Crippen LogP contribution in [0.2, 0.25) is 0 Å². The lowest BCUT2D eigenvalue weighted by molar-refractivity contribution is 0.640. The molecule has 2 nitrogen and oxygen atoms in total. The Bertz CT molecular complexity index is 2570. The number of benzene rings is 6. The summed E-state index contributed by atoms with van der Waals surface area (Å²) in [5, 5.41) is 5.24. The monoisotopic (exact) mass is 700 g/mol. The molecule has 0 spiro atoms. The molecular weight excluding hydrogens is 653 g/mol. The Morgan fingerprint density at radius 2 is 1.15 bits per heavy atom. The maximum Gasteiger partial charge on any atom is 0.0527 e. The zero-order valence-electron chi connectivity index (χ0n) is 32.3. The minimum absolute atomic E-state index is 0.0985. The third-order valence-corrected chi connectivity index (χ3v) is 12.4. The highest BCUT2D eigenvalue weighted by molar-refractivity contribution is 6.00. The summed E-state index contributed by atoms with van der Waals surface area (Å²) in [6, 6.07) is 48.6. The highest BCUT2D eigenvalue weighted by Crippen LogP contribution is 2.52. The molecule has 1 aliphatic heterocycles. The van der Waals surface area contributed by atoms with Crippen LogP contribution in [0.25, 0.3) is 27.1 Å². The number of fused-ring (bicyclic) bond motifs is 6. The van der Waals surface area contributed by atoms with Crippen molar-refractivity contribution in [1.82, 2.24) is 0 Å². The number of hydrogen-bond donors (Lipinski definition) is 0. The van der Waals surface area contributed by atoms with Crippen molar-refractivity contribution in [1.29, 1.82) is 0 Å². The van der Waals surface area contributed by atoms with Crippen molar-refractivity contribution >= 4 is 44.2 Å². The topological polar surface area (TPSA) is 6.48 Å². The van der Waals surface area contributed by atoms with Crippen molar-refractivity contribution in [2.45, 2.75) is 58.3 Å². The van der Waals surface area contributed by atoms with Gasteiger partial charge in [-0.25, -0.2) is 0 Å². The minimum atomic E-state index is -0.133. The average Bonchev–Trinajstić information content (AvgIpc) is 3.74. The van der Waals surface area contributed by atoms with E-state index in [0.717, 1.165) is 24.2 Å². The lowest BCUT2D eigenvalue weighted by Crippen LogP contribution is -2.22. The average molecular weight is 701 g/mol. The number of nitrogens with zero attached hydrogens (tertiary/aromatic N) is 2. The third-order valence-electron chi connectivity index (χ3n) is 12.4. The minimum Gasteiger partial charge on any atom is -0.347 e. The van der Waals surface area contributed by atoms with Crippen LogP contribution in [0.1, 0.15) is 64.2 Å². The third kappa shape index (κ3) is 5.30. The molecule has 0 saturated heterocycles. The highest BCUT2D eigenvalue weighted by Gasteiger charge is 2.40. The van der Waals surface area contributed by atoms with E-state index in [4.69, 9.17) is 0 Å². The molecule has 54 heavy (non-hydrogen) atoms. The van der Waals surface area contributed by atoms with Gasteiger partial charge < -0.3 is 9.80 Å². The molecule has 0 N–H and O–H groups in total. The van der Waals surface area contributed by atoms with Gasteiger partial charge >= 0.3 is 0 Å². The molecule has 0 bridgehead atoms. The Balaban J connectivity index is 1.20. The molecule has 9 rings (SSSR count). The molecule has 2 aliphatic carbocycles. The molecule has 0 fully saturated rings. The van der Waals surface area contributed by atoms with Crippen LogP contribution in [0.4, 0.5) is 17.1 Å². The zero-order valence-corrected chi connectivity index (χ0v) is 32.3. The van der Waals surface area contributed by atoms with Crippen LogP contribution in [-0.4, -0.2) is 7.05 Å². The van der Waals surface area contributed by atoms with Gasteiger partial charge in [-0.3, -0.25) is 0 Å².